The maximum absolute atomic E-state index is 5.79. The first-order valence-corrected chi connectivity index (χ1v) is 4.33. The molecule has 3 nitrogen and oxygen atoms in total. The van der Waals surface area contributed by atoms with Crippen molar-refractivity contribution < 1.29 is 0 Å². The molecule has 0 saturated heterocycles. The van der Waals surface area contributed by atoms with Gasteiger partial charge in [0.1, 0.15) is 16.6 Å². The van der Waals surface area contributed by atoms with Gasteiger partial charge in [-0.3, -0.25) is 0 Å². The van der Waals surface area contributed by atoms with E-state index in [0.717, 1.165) is 6.42 Å². The van der Waals surface area contributed by atoms with Crippen molar-refractivity contribution in [2.24, 2.45) is 5.73 Å². The molecule has 0 fully saturated rings. The molecule has 0 aromatic carbocycles. The van der Waals surface area contributed by atoms with E-state index >= 15 is 0 Å². The molecule has 0 saturated carbocycles. The number of aromatic nitrogens is 2. The first kappa shape index (κ1) is 9.71. The summed E-state index contributed by atoms with van der Waals surface area (Å²) in [6, 6.07) is -0.189. The second kappa shape index (κ2) is 4.03. The highest BCUT2D eigenvalue weighted by molar-refractivity contribution is 6.34. The Hall–Kier alpha value is -0.380. The van der Waals surface area contributed by atoms with E-state index in [1.165, 1.54) is 6.33 Å². The van der Waals surface area contributed by atoms with Gasteiger partial charge in [-0.1, -0.05) is 30.1 Å². The highest BCUT2D eigenvalue weighted by Gasteiger charge is 2.13. The predicted octanol–water partition coefficient (Wildman–Crippen LogP) is 2.19. The summed E-state index contributed by atoms with van der Waals surface area (Å²) in [7, 11) is 0. The molecular weight excluding hydrogens is 197 g/mol. The molecule has 2 N–H and O–H groups in total. The molecule has 0 bridgehead atoms. The largest absolute Gasteiger partial charge is 0.324 e. The number of halogens is 2. The minimum absolute atomic E-state index is 0.189. The van der Waals surface area contributed by atoms with Gasteiger partial charge in [0.15, 0.2) is 0 Å². The number of rotatable bonds is 2. The Morgan fingerprint density at radius 1 is 1.42 bits per heavy atom. The van der Waals surface area contributed by atoms with E-state index < -0.39 is 0 Å². The standard InChI is InChI=1S/C7H9Cl2N3/c1-2-4(10)5-6(8)11-3-12-7(5)9/h3-4H,2,10H2,1H3/t4-/m1/s1. The molecule has 1 heterocycles. The molecule has 1 rings (SSSR count). The van der Waals surface area contributed by atoms with Crippen LogP contribution in [0.15, 0.2) is 6.33 Å². The first-order valence-electron chi connectivity index (χ1n) is 3.58. The fourth-order valence-electron chi connectivity index (χ4n) is 0.865. The minimum Gasteiger partial charge on any atom is -0.324 e. The Morgan fingerprint density at radius 3 is 2.33 bits per heavy atom. The second-order valence-electron chi connectivity index (χ2n) is 2.38. The lowest BCUT2D eigenvalue weighted by molar-refractivity contribution is 0.691. The summed E-state index contributed by atoms with van der Waals surface area (Å²) >= 11 is 11.6. The van der Waals surface area contributed by atoms with Gasteiger partial charge in [0.25, 0.3) is 0 Å². The molecule has 1 atom stereocenters. The van der Waals surface area contributed by atoms with Crippen LogP contribution >= 0.6 is 23.2 Å². The Kier molecular flexibility index (Phi) is 3.26. The number of nitrogens with two attached hydrogens (primary N) is 1. The van der Waals surface area contributed by atoms with Gasteiger partial charge in [-0.15, -0.1) is 0 Å². The van der Waals surface area contributed by atoms with Crippen molar-refractivity contribution >= 4 is 23.2 Å². The zero-order valence-electron chi connectivity index (χ0n) is 6.59. The second-order valence-corrected chi connectivity index (χ2v) is 3.10. The molecule has 0 unspecified atom stereocenters. The van der Waals surface area contributed by atoms with Gasteiger partial charge >= 0.3 is 0 Å². The molecule has 1 aromatic rings. The van der Waals surface area contributed by atoms with E-state index in [-0.39, 0.29) is 6.04 Å². The molecule has 0 spiro atoms. The van der Waals surface area contributed by atoms with Gasteiger partial charge < -0.3 is 5.73 Å². The van der Waals surface area contributed by atoms with Crippen molar-refractivity contribution in [3.8, 4) is 0 Å². The Morgan fingerprint density at radius 2 is 1.92 bits per heavy atom. The van der Waals surface area contributed by atoms with E-state index in [0.29, 0.717) is 15.9 Å². The van der Waals surface area contributed by atoms with Crippen LogP contribution in [0.1, 0.15) is 24.9 Å². The Balaban J connectivity index is 3.12. The average Bonchev–Trinajstić information content (AvgIpc) is 2.03. The van der Waals surface area contributed by atoms with Crippen LogP contribution < -0.4 is 5.73 Å². The molecule has 0 radical (unpaired) electrons. The van der Waals surface area contributed by atoms with E-state index in [1.807, 2.05) is 6.92 Å². The van der Waals surface area contributed by atoms with Crippen molar-refractivity contribution in [3.63, 3.8) is 0 Å². The number of hydrogen-bond acceptors (Lipinski definition) is 3. The monoisotopic (exact) mass is 205 g/mol. The summed E-state index contributed by atoms with van der Waals surface area (Å²) < 4.78 is 0. The summed E-state index contributed by atoms with van der Waals surface area (Å²) in [6.07, 6.45) is 2.07. The normalized spacial score (nSPS) is 13.0. The van der Waals surface area contributed by atoms with Crippen LogP contribution in [0.5, 0.6) is 0 Å². The van der Waals surface area contributed by atoms with Crippen molar-refractivity contribution in [2.75, 3.05) is 0 Å². The van der Waals surface area contributed by atoms with Crippen molar-refractivity contribution in [1.82, 2.24) is 9.97 Å². The van der Waals surface area contributed by atoms with Crippen molar-refractivity contribution in [1.29, 1.82) is 0 Å². The smallest absolute Gasteiger partial charge is 0.138 e. The van der Waals surface area contributed by atoms with Crippen LogP contribution in [-0.2, 0) is 0 Å². The zero-order valence-corrected chi connectivity index (χ0v) is 8.10. The van der Waals surface area contributed by atoms with Crippen LogP contribution in [0, 0.1) is 0 Å². The third kappa shape index (κ3) is 1.86. The summed E-state index contributed by atoms with van der Waals surface area (Å²) in [4.78, 5) is 7.60. The van der Waals surface area contributed by atoms with Crippen LogP contribution in [-0.4, -0.2) is 9.97 Å². The SMILES string of the molecule is CC[C@@H](N)c1c(Cl)ncnc1Cl. The molecule has 66 valence electrons. The Bertz CT molecular complexity index is 257. The lowest BCUT2D eigenvalue weighted by Gasteiger charge is -2.10. The highest BCUT2D eigenvalue weighted by Crippen LogP contribution is 2.26. The molecule has 0 aliphatic rings. The van der Waals surface area contributed by atoms with Crippen molar-refractivity contribution in [3.05, 3.63) is 22.2 Å². The molecule has 5 heteroatoms. The minimum atomic E-state index is -0.189. The van der Waals surface area contributed by atoms with E-state index in [4.69, 9.17) is 28.9 Å². The summed E-state index contributed by atoms with van der Waals surface area (Å²) in [5, 5.41) is 0.675. The fourth-order valence-corrected chi connectivity index (χ4v) is 1.46. The average molecular weight is 206 g/mol. The molecule has 0 aliphatic heterocycles. The van der Waals surface area contributed by atoms with E-state index in [9.17, 15) is 0 Å². The maximum Gasteiger partial charge on any atom is 0.138 e. The number of hydrogen-bond donors (Lipinski definition) is 1. The summed E-state index contributed by atoms with van der Waals surface area (Å²) in [5.41, 5.74) is 6.38. The molecule has 1 aromatic heterocycles. The third-order valence-electron chi connectivity index (χ3n) is 1.60. The quantitative estimate of drug-likeness (QED) is 0.754. The van der Waals surface area contributed by atoms with Gasteiger partial charge in [0, 0.05) is 11.6 Å². The molecule has 0 amide bonds. The highest BCUT2D eigenvalue weighted by atomic mass is 35.5. The fraction of sp³-hybridized carbons (Fsp3) is 0.429. The van der Waals surface area contributed by atoms with Crippen LogP contribution in [0.3, 0.4) is 0 Å². The topological polar surface area (TPSA) is 51.8 Å². The van der Waals surface area contributed by atoms with E-state index in [2.05, 4.69) is 9.97 Å². The van der Waals surface area contributed by atoms with Gasteiger partial charge in [-0.25, -0.2) is 9.97 Å². The van der Waals surface area contributed by atoms with Gasteiger partial charge in [-0.2, -0.15) is 0 Å². The maximum atomic E-state index is 5.79. The molecular formula is C7H9Cl2N3. The van der Waals surface area contributed by atoms with Crippen molar-refractivity contribution in [2.45, 2.75) is 19.4 Å². The lowest BCUT2D eigenvalue weighted by Crippen LogP contribution is -2.11. The lowest BCUT2D eigenvalue weighted by atomic mass is 10.1. The van der Waals surface area contributed by atoms with Gasteiger partial charge in [0.05, 0.1) is 0 Å². The number of nitrogens with zero attached hydrogens (tertiary/aromatic N) is 2. The van der Waals surface area contributed by atoms with Gasteiger partial charge in [-0.05, 0) is 6.42 Å². The zero-order chi connectivity index (χ0) is 9.14. The van der Waals surface area contributed by atoms with E-state index in [1.54, 1.807) is 0 Å². The third-order valence-corrected chi connectivity index (χ3v) is 2.20. The van der Waals surface area contributed by atoms with Crippen LogP contribution in [0.2, 0.25) is 10.3 Å². The van der Waals surface area contributed by atoms with Crippen LogP contribution in [0.4, 0.5) is 0 Å². The first-order chi connectivity index (χ1) is 5.66. The van der Waals surface area contributed by atoms with Gasteiger partial charge in [0.2, 0.25) is 0 Å². The molecule has 0 aliphatic carbocycles. The predicted molar refractivity (Wildman–Crippen MR) is 49.3 cm³/mol. The Labute approximate surface area is 80.9 Å². The summed E-state index contributed by atoms with van der Waals surface area (Å²) in [6.45, 7) is 1.95. The summed E-state index contributed by atoms with van der Waals surface area (Å²) in [5.74, 6) is 0. The molecule has 12 heavy (non-hydrogen) atoms. The van der Waals surface area contributed by atoms with Crippen LogP contribution in [0.25, 0.3) is 0 Å².